The van der Waals surface area contributed by atoms with Crippen LogP contribution in [-0.4, -0.2) is 38.7 Å². The summed E-state index contributed by atoms with van der Waals surface area (Å²) in [5, 5.41) is 5.96. The quantitative estimate of drug-likeness (QED) is 0.816. The molecular weight excluding hydrogens is 342 g/mol. The summed E-state index contributed by atoms with van der Waals surface area (Å²) < 4.78 is 5.86. The van der Waals surface area contributed by atoms with Crippen LogP contribution in [0.4, 0.5) is 0 Å². The fraction of sp³-hybridized carbons (Fsp3) is 0.450. The second-order valence-electron chi connectivity index (χ2n) is 8.10. The Morgan fingerprint density at radius 3 is 2.78 bits per heavy atom. The molecule has 3 fully saturated rings. The van der Waals surface area contributed by atoms with Gasteiger partial charge in [0.2, 0.25) is 11.8 Å². The molecule has 0 saturated heterocycles. The first-order valence-electron chi connectivity index (χ1n) is 9.27. The molecule has 1 atom stereocenters. The van der Waals surface area contributed by atoms with Crippen molar-refractivity contribution in [2.45, 2.75) is 38.6 Å². The molecule has 0 spiro atoms. The molecule has 0 aromatic carbocycles. The molecule has 1 amide bonds. The van der Waals surface area contributed by atoms with E-state index in [4.69, 9.17) is 4.74 Å². The fourth-order valence-corrected chi connectivity index (χ4v) is 4.73. The number of amides is 1. The van der Waals surface area contributed by atoms with Crippen LogP contribution in [0.2, 0.25) is 0 Å². The average molecular weight is 363 g/mol. The summed E-state index contributed by atoms with van der Waals surface area (Å²) in [6.07, 6.45) is 11.9. The van der Waals surface area contributed by atoms with Crippen LogP contribution in [0.5, 0.6) is 5.88 Å². The molecule has 0 N–H and O–H groups in total. The van der Waals surface area contributed by atoms with Crippen LogP contribution in [0.25, 0.3) is 0 Å². The van der Waals surface area contributed by atoms with Gasteiger partial charge in [-0.15, -0.1) is 0 Å². The number of nitrogens with zero attached hydrogens (tertiary/aromatic N) is 5. The van der Waals surface area contributed by atoms with E-state index in [0.717, 1.165) is 30.5 Å². The maximum atomic E-state index is 13.1. The van der Waals surface area contributed by atoms with E-state index in [1.165, 1.54) is 0 Å². The first-order chi connectivity index (χ1) is 13.1. The molecule has 3 aliphatic carbocycles. The Balaban J connectivity index is 1.21. The van der Waals surface area contributed by atoms with Crippen LogP contribution in [0, 0.1) is 17.8 Å². The number of ether oxygens (including phenoxy) is 1. The normalized spacial score (nSPS) is 30.6. The van der Waals surface area contributed by atoms with Crippen LogP contribution < -0.4 is 4.74 Å². The molecule has 1 aliphatic heterocycles. The zero-order valence-electron chi connectivity index (χ0n) is 15.2. The second-order valence-corrected chi connectivity index (χ2v) is 8.10. The third-order valence-electron chi connectivity index (χ3n) is 5.97. The molecule has 0 radical (unpaired) electrons. The largest absolute Gasteiger partial charge is 0.477 e. The predicted molar refractivity (Wildman–Crippen MR) is 97.9 cm³/mol. The number of aromatic nitrogens is 3. The summed E-state index contributed by atoms with van der Waals surface area (Å²) >= 11 is 0. The Bertz CT molecular complexity index is 877. The third kappa shape index (κ3) is 2.60. The van der Waals surface area contributed by atoms with Gasteiger partial charge >= 0.3 is 0 Å². The van der Waals surface area contributed by atoms with Gasteiger partial charge in [0.1, 0.15) is 6.04 Å². The van der Waals surface area contributed by atoms with Crippen LogP contribution in [0.15, 0.2) is 42.0 Å². The maximum Gasteiger partial charge on any atom is 0.249 e. The van der Waals surface area contributed by atoms with Crippen molar-refractivity contribution >= 4 is 12.1 Å². The SMILES string of the molecule is Cc1ccc(OCC23CC(C(=O)N4N=CCC4c4cnccn4)(C2)C3)nc1. The Morgan fingerprint density at radius 1 is 1.22 bits per heavy atom. The highest BCUT2D eigenvalue weighted by Gasteiger charge is 2.73. The minimum absolute atomic E-state index is 0.113. The zero-order valence-corrected chi connectivity index (χ0v) is 15.2. The van der Waals surface area contributed by atoms with Gasteiger partial charge in [0.25, 0.3) is 0 Å². The average Bonchev–Trinajstić information content (AvgIpc) is 3.11. The molecule has 2 bridgehead atoms. The highest BCUT2D eigenvalue weighted by molar-refractivity contribution is 5.88. The van der Waals surface area contributed by atoms with Gasteiger partial charge in [-0.1, -0.05) is 6.07 Å². The van der Waals surface area contributed by atoms with Crippen LogP contribution >= 0.6 is 0 Å². The second kappa shape index (κ2) is 5.84. The fourth-order valence-electron chi connectivity index (χ4n) is 4.73. The highest BCUT2D eigenvalue weighted by atomic mass is 16.5. The molecule has 2 aromatic heterocycles. The van der Waals surface area contributed by atoms with Crippen molar-refractivity contribution < 1.29 is 9.53 Å². The first kappa shape index (κ1) is 16.4. The topological polar surface area (TPSA) is 80.6 Å². The lowest BCUT2D eigenvalue weighted by Crippen LogP contribution is -2.69. The van der Waals surface area contributed by atoms with E-state index in [-0.39, 0.29) is 22.8 Å². The van der Waals surface area contributed by atoms with Gasteiger partial charge < -0.3 is 4.74 Å². The van der Waals surface area contributed by atoms with Crippen molar-refractivity contribution in [3.05, 3.63) is 48.2 Å². The van der Waals surface area contributed by atoms with Crippen molar-refractivity contribution in [3.63, 3.8) is 0 Å². The molecule has 7 heteroatoms. The van der Waals surface area contributed by atoms with E-state index in [1.54, 1.807) is 36.0 Å². The Morgan fingerprint density at radius 2 is 2.07 bits per heavy atom. The third-order valence-corrected chi connectivity index (χ3v) is 5.97. The van der Waals surface area contributed by atoms with Gasteiger partial charge in [0.15, 0.2) is 0 Å². The summed E-state index contributed by atoms with van der Waals surface area (Å²) in [5.41, 5.74) is 1.75. The summed E-state index contributed by atoms with van der Waals surface area (Å²) in [7, 11) is 0. The lowest BCUT2D eigenvalue weighted by atomic mass is 9.35. The number of rotatable bonds is 5. The van der Waals surface area contributed by atoms with Crippen LogP contribution in [0.1, 0.15) is 43.0 Å². The summed E-state index contributed by atoms with van der Waals surface area (Å²) in [5.74, 6) is 0.764. The number of carbonyl (C=O) groups is 1. The summed E-state index contributed by atoms with van der Waals surface area (Å²) in [4.78, 5) is 25.9. The number of aryl methyl sites for hydroxylation is 1. The predicted octanol–water partition coefficient (Wildman–Crippen LogP) is 2.69. The zero-order chi connectivity index (χ0) is 18.5. The van der Waals surface area contributed by atoms with Gasteiger partial charge in [-0.3, -0.25) is 14.8 Å². The minimum Gasteiger partial charge on any atom is -0.477 e. The van der Waals surface area contributed by atoms with E-state index in [0.29, 0.717) is 18.9 Å². The number of hydrogen-bond donors (Lipinski definition) is 0. The van der Waals surface area contributed by atoms with E-state index in [2.05, 4.69) is 20.1 Å². The molecule has 27 heavy (non-hydrogen) atoms. The molecule has 3 heterocycles. The van der Waals surface area contributed by atoms with Crippen LogP contribution in [0.3, 0.4) is 0 Å². The van der Waals surface area contributed by atoms with Crippen molar-refractivity contribution in [1.29, 1.82) is 0 Å². The Labute approximate surface area is 157 Å². The summed E-state index contributed by atoms with van der Waals surface area (Å²) in [6, 6.07) is 3.75. The molecule has 3 saturated carbocycles. The smallest absolute Gasteiger partial charge is 0.249 e. The van der Waals surface area contributed by atoms with Gasteiger partial charge in [0, 0.05) is 42.7 Å². The van der Waals surface area contributed by atoms with Crippen molar-refractivity contribution in [3.8, 4) is 5.88 Å². The lowest BCUT2D eigenvalue weighted by molar-refractivity contribution is -0.227. The maximum absolute atomic E-state index is 13.1. The molecule has 2 aromatic rings. The first-order valence-corrected chi connectivity index (χ1v) is 9.27. The summed E-state index contributed by atoms with van der Waals surface area (Å²) in [6.45, 7) is 2.62. The highest BCUT2D eigenvalue weighted by Crippen LogP contribution is 2.74. The number of carbonyl (C=O) groups excluding carboxylic acids is 1. The molecule has 1 unspecified atom stereocenters. The van der Waals surface area contributed by atoms with Crippen molar-refractivity contribution in [2.24, 2.45) is 15.9 Å². The molecule has 4 aliphatic rings. The number of hydrazone groups is 1. The van der Waals surface area contributed by atoms with Gasteiger partial charge in [0.05, 0.1) is 23.9 Å². The van der Waals surface area contributed by atoms with E-state index < -0.39 is 0 Å². The van der Waals surface area contributed by atoms with Crippen molar-refractivity contribution in [2.75, 3.05) is 6.61 Å². The lowest BCUT2D eigenvalue weighted by Gasteiger charge is -2.69. The Hall–Kier alpha value is -2.83. The van der Waals surface area contributed by atoms with Crippen LogP contribution in [-0.2, 0) is 4.79 Å². The van der Waals surface area contributed by atoms with E-state index >= 15 is 0 Å². The molecular formula is C20H21N5O2. The van der Waals surface area contributed by atoms with Gasteiger partial charge in [-0.2, -0.15) is 5.10 Å². The molecule has 6 rings (SSSR count). The molecule has 7 nitrogen and oxygen atoms in total. The van der Waals surface area contributed by atoms with Gasteiger partial charge in [-0.25, -0.2) is 9.99 Å². The number of pyridine rings is 1. The minimum atomic E-state index is -0.272. The van der Waals surface area contributed by atoms with E-state index in [9.17, 15) is 4.79 Å². The van der Waals surface area contributed by atoms with E-state index in [1.807, 2.05) is 19.1 Å². The van der Waals surface area contributed by atoms with Crippen molar-refractivity contribution in [1.82, 2.24) is 20.0 Å². The standard InChI is InChI=1S/C20H21N5O2/c1-14-2-3-17(23-8-14)27-13-19-10-20(11-19,12-19)18(26)25-16(4-5-24-25)15-9-21-6-7-22-15/h2-3,5-9,16H,4,10-13H2,1H3. The van der Waals surface area contributed by atoms with Gasteiger partial charge in [-0.05, 0) is 31.7 Å². The number of hydrogen-bond acceptors (Lipinski definition) is 6. The Kier molecular flexibility index (Phi) is 3.54. The molecule has 138 valence electrons. The monoisotopic (exact) mass is 363 g/mol.